The van der Waals surface area contributed by atoms with Gasteiger partial charge in [0.1, 0.15) is 11.7 Å². The number of carbonyl (C=O) groups excluding carboxylic acids is 2. The van der Waals surface area contributed by atoms with Gasteiger partial charge in [-0.15, -0.1) is 0 Å². The van der Waals surface area contributed by atoms with Crippen LogP contribution in [-0.2, 0) is 16.6 Å². The van der Waals surface area contributed by atoms with Crippen molar-refractivity contribution in [2.75, 3.05) is 7.11 Å². The molecule has 0 aliphatic rings. The number of benzene rings is 1. The minimum absolute atomic E-state index is 0.237. The lowest BCUT2D eigenvalue weighted by molar-refractivity contribution is -0.143. The van der Waals surface area contributed by atoms with Gasteiger partial charge in [0.2, 0.25) is 0 Å². The molecule has 0 saturated carbocycles. The predicted octanol–water partition coefficient (Wildman–Crippen LogP) is 3.06. The number of amides is 1. The largest absolute Gasteiger partial charge is 0.467 e. The van der Waals surface area contributed by atoms with E-state index in [1.54, 1.807) is 25.2 Å². The number of esters is 1. The summed E-state index contributed by atoms with van der Waals surface area (Å²) in [5, 5.41) is 7.73. The van der Waals surface area contributed by atoms with Crippen LogP contribution in [0.15, 0.2) is 30.3 Å². The Kier molecular flexibility index (Phi) is 6.20. The zero-order chi connectivity index (χ0) is 18.6. The SMILES string of the molecule is COC(=O)C(CC(C)C)NC(=O)c1cc(-c2ccc(Cl)cc2)nn1C. The van der Waals surface area contributed by atoms with E-state index in [0.717, 1.165) is 5.56 Å². The third kappa shape index (κ3) is 4.82. The van der Waals surface area contributed by atoms with E-state index in [2.05, 4.69) is 10.4 Å². The Balaban J connectivity index is 2.21. The first kappa shape index (κ1) is 19.0. The topological polar surface area (TPSA) is 73.2 Å². The van der Waals surface area contributed by atoms with Crippen molar-refractivity contribution in [3.63, 3.8) is 0 Å². The third-order valence-corrected chi connectivity index (χ3v) is 4.00. The van der Waals surface area contributed by atoms with Crippen molar-refractivity contribution in [3.8, 4) is 11.3 Å². The second-order valence-corrected chi connectivity index (χ2v) is 6.66. The number of nitrogens with one attached hydrogen (secondary N) is 1. The first-order valence-electron chi connectivity index (χ1n) is 8.00. The lowest BCUT2D eigenvalue weighted by atomic mass is 10.0. The number of aromatic nitrogens is 2. The molecule has 1 atom stereocenters. The fraction of sp³-hybridized carbons (Fsp3) is 0.389. The summed E-state index contributed by atoms with van der Waals surface area (Å²) in [6.07, 6.45) is 0.500. The fourth-order valence-electron chi connectivity index (χ4n) is 2.50. The average Bonchev–Trinajstić information content (AvgIpc) is 2.95. The van der Waals surface area contributed by atoms with E-state index >= 15 is 0 Å². The molecule has 6 nitrogen and oxygen atoms in total. The van der Waals surface area contributed by atoms with Crippen LogP contribution in [0.1, 0.15) is 30.8 Å². The summed E-state index contributed by atoms with van der Waals surface area (Å²) in [5.41, 5.74) is 1.87. The average molecular weight is 364 g/mol. The van der Waals surface area contributed by atoms with Crippen LogP contribution in [0, 0.1) is 5.92 Å². The van der Waals surface area contributed by atoms with Gasteiger partial charge in [0.25, 0.3) is 5.91 Å². The molecule has 0 radical (unpaired) electrons. The molecule has 0 bridgehead atoms. The molecule has 0 aliphatic heterocycles. The van der Waals surface area contributed by atoms with Crippen molar-refractivity contribution >= 4 is 23.5 Å². The highest BCUT2D eigenvalue weighted by Crippen LogP contribution is 2.21. The molecule has 1 aromatic heterocycles. The summed E-state index contributed by atoms with van der Waals surface area (Å²) in [6.45, 7) is 3.95. The number of aryl methyl sites for hydroxylation is 1. The smallest absolute Gasteiger partial charge is 0.328 e. The van der Waals surface area contributed by atoms with Gasteiger partial charge in [-0.2, -0.15) is 5.10 Å². The maximum atomic E-state index is 12.6. The van der Waals surface area contributed by atoms with Gasteiger partial charge < -0.3 is 10.1 Å². The van der Waals surface area contributed by atoms with E-state index in [0.29, 0.717) is 22.8 Å². The monoisotopic (exact) mass is 363 g/mol. The Hall–Kier alpha value is -2.34. The zero-order valence-corrected chi connectivity index (χ0v) is 15.5. The minimum Gasteiger partial charge on any atom is -0.467 e. The number of nitrogens with zero attached hydrogens (tertiary/aromatic N) is 2. The molecule has 1 heterocycles. The van der Waals surface area contributed by atoms with Crippen molar-refractivity contribution in [1.82, 2.24) is 15.1 Å². The van der Waals surface area contributed by atoms with Gasteiger partial charge in [-0.1, -0.05) is 37.6 Å². The highest BCUT2D eigenvalue weighted by Gasteiger charge is 2.25. The minimum atomic E-state index is -0.689. The maximum absolute atomic E-state index is 12.6. The Morgan fingerprint density at radius 3 is 2.48 bits per heavy atom. The molecule has 0 saturated heterocycles. The van der Waals surface area contributed by atoms with Gasteiger partial charge in [-0.05, 0) is 30.5 Å². The van der Waals surface area contributed by atoms with Crippen LogP contribution in [0.4, 0.5) is 0 Å². The summed E-state index contributed by atoms with van der Waals surface area (Å²) in [4.78, 5) is 24.5. The van der Waals surface area contributed by atoms with Crippen molar-refractivity contribution < 1.29 is 14.3 Å². The molecule has 1 N–H and O–H groups in total. The lowest BCUT2D eigenvalue weighted by Crippen LogP contribution is -2.42. The summed E-state index contributed by atoms with van der Waals surface area (Å²) in [7, 11) is 2.99. The number of methoxy groups -OCH3 is 1. The highest BCUT2D eigenvalue weighted by atomic mass is 35.5. The molecule has 0 fully saturated rings. The number of rotatable bonds is 6. The summed E-state index contributed by atoms with van der Waals surface area (Å²) < 4.78 is 6.27. The van der Waals surface area contributed by atoms with Crippen LogP contribution in [-0.4, -0.2) is 34.8 Å². The number of hydrogen-bond acceptors (Lipinski definition) is 4. The van der Waals surface area contributed by atoms with Crippen molar-refractivity contribution in [2.24, 2.45) is 13.0 Å². The van der Waals surface area contributed by atoms with Crippen LogP contribution in [0.5, 0.6) is 0 Å². The van der Waals surface area contributed by atoms with Crippen LogP contribution in [0.2, 0.25) is 5.02 Å². The maximum Gasteiger partial charge on any atom is 0.328 e. The van der Waals surface area contributed by atoms with Gasteiger partial charge in [0, 0.05) is 17.6 Å². The number of halogens is 1. The standard InChI is InChI=1S/C18H22ClN3O3/c1-11(2)9-15(18(24)25-4)20-17(23)16-10-14(21-22(16)3)12-5-7-13(19)8-6-12/h5-8,10-11,15H,9H2,1-4H3,(H,20,23). The Morgan fingerprint density at radius 1 is 1.28 bits per heavy atom. The molecule has 7 heteroatoms. The number of ether oxygens (including phenoxy) is 1. The van der Waals surface area contributed by atoms with Gasteiger partial charge in [-0.25, -0.2) is 4.79 Å². The normalized spacial score (nSPS) is 12.1. The molecular weight excluding hydrogens is 342 g/mol. The van der Waals surface area contributed by atoms with E-state index in [9.17, 15) is 9.59 Å². The lowest BCUT2D eigenvalue weighted by Gasteiger charge is -2.18. The quantitative estimate of drug-likeness (QED) is 0.800. The molecule has 0 aliphatic carbocycles. The van der Waals surface area contributed by atoms with Gasteiger partial charge >= 0.3 is 5.97 Å². The van der Waals surface area contributed by atoms with Crippen molar-refractivity contribution in [1.29, 1.82) is 0 Å². The van der Waals surface area contributed by atoms with Crippen LogP contribution in [0.3, 0.4) is 0 Å². The second-order valence-electron chi connectivity index (χ2n) is 6.22. The van der Waals surface area contributed by atoms with Crippen molar-refractivity contribution in [3.05, 3.63) is 41.0 Å². The molecule has 25 heavy (non-hydrogen) atoms. The van der Waals surface area contributed by atoms with E-state index in [4.69, 9.17) is 16.3 Å². The second kappa shape index (κ2) is 8.16. The summed E-state index contributed by atoms with van der Waals surface area (Å²) >= 11 is 5.89. The zero-order valence-electron chi connectivity index (χ0n) is 14.7. The summed E-state index contributed by atoms with van der Waals surface area (Å²) in [6, 6.07) is 8.20. The van der Waals surface area contributed by atoms with Crippen LogP contribution >= 0.6 is 11.6 Å². The first-order valence-corrected chi connectivity index (χ1v) is 8.38. The Morgan fingerprint density at radius 2 is 1.92 bits per heavy atom. The molecular formula is C18H22ClN3O3. The first-order chi connectivity index (χ1) is 11.8. The van der Waals surface area contributed by atoms with Crippen LogP contribution < -0.4 is 5.32 Å². The fourth-order valence-corrected chi connectivity index (χ4v) is 2.63. The third-order valence-electron chi connectivity index (χ3n) is 3.75. The number of carbonyl (C=O) groups is 2. The molecule has 2 aromatic rings. The summed E-state index contributed by atoms with van der Waals surface area (Å²) in [5.74, 6) is -0.589. The Labute approximate surface area is 152 Å². The molecule has 1 aromatic carbocycles. The molecule has 134 valence electrons. The van der Waals surface area contributed by atoms with Gasteiger partial charge in [0.15, 0.2) is 0 Å². The van der Waals surface area contributed by atoms with E-state index in [1.165, 1.54) is 11.8 Å². The molecule has 1 unspecified atom stereocenters. The molecule has 1 amide bonds. The predicted molar refractivity (Wildman–Crippen MR) is 96.4 cm³/mol. The van der Waals surface area contributed by atoms with Gasteiger partial charge in [0.05, 0.1) is 12.8 Å². The van der Waals surface area contributed by atoms with E-state index in [1.807, 2.05) is 26.0 Å². The Bertz CT molecular complexity index is 753. The van der Waals surface area contributed by atoms with E-state index in [-0.39, 0.29) is 11.8 Å². The van der Waals surface area contributed by atoms with E-state index < -0.39 is 12.0 Å². The van der Waals surface area contributed by atoms with Crippen LogP contribution in [0.25, 0.3) is 11.3 Å². The van der Waals surface area contributed by atoms with Gasteiger partial charge in [-0.3, -0.25) is 9.48 Å². The van der Waals surface area contributed by atoms with Crippen molar-refractivity contribution in [2.45, 2.75) is 26.3 Å². The highest BCUT2D eigenvalue weighted by molar-refractivity contribution is 6.30. The number of hydrogen-bond donors (Lipinski definition) is 1. The molecule has 2 rings (SSSR count). The molecule has 0 spiro atoms.